The number of rotatable bonds is 10. The Morgan fingerprint density at radius 2 is 1.62 bits per heavy atom. The molecule has 1 amide bonds. The molecule has 0 atom stereocenters. The fourth-order valence-corrected chi connectivity index (χ4v) is 5.31. The number of carbonyl (C=O) groups is 1. The standard InChI is InChI=1S/C32H31N3O4S/c1-20-11-12-26(21(2)15-20)34-30(36)13-14-40-32-25(19-33)24(18-27(35-32)22-9-7-6-8-10-22)23-16-28(37-3)31(39-5)29(17-23)38-4/h6-12,15-18H,13-14H2,1-5H3,(H,34,36). The molecule has 0 saturated carbocycles. The molecule has 0 bridgehead atoms. The maximum Gasteiger partial charge on any atom is 0.225 e. The van der Waals surface area contributed by atoms with Gasteiger partial charge in [0.05, 0.1) is 32.6 Å². The normalized spacial score (nSPS) is 10.5. The average Bonchev–Trinajstić information content (AvgIpc) is 2.97. The van der Waals surface area contributed by atoms with E-state index in [0.717, 1.165) is 27.9 Å². The van der Waals surface area contributed by atoms with Gasteiger partial charge in [0.2, 0.25) is 11.7 Å². The molecule has 4 rings (SSSR count). The minimum atomic E-state index is -0.0953. The average molecular weight is 554 g/mol. The van der Waals surface area contributed by atoms with Gasteiger partial charge in [-0.05, 0) is 49.2 Å². The Morgan fingerprint density at radius 3 is 2.23 bits per heavy atom. The van der Waals surface area contributed by atoms with Crippen molar-refractivity contribution < 1.29 is 19.0 Å². The first-order valence-electron chi connectivity index (χ1n) is 12.7. The van der Waals surface area contributed by atoms with Crippen LogP contribution in [0.25, 0.3) is 22.4 Å². The number of thioether (sulfide) groups is 1. The maximum atomic E-state index is 12.7. The van der Waals surface area contributed by atoms with E-state index in [-0.39, 0.29) is 12.3 Å². The molecule has 204 valence electrons. The number of hydrogen-bond donors (Lipinski definition) is 1. The van der Waals surface area contributed by atoms with E-state index in [4.69, 9.17) is 19.2 Å². The summed E-state index contributed by atoms with van der Waals surface area (Å²) in [5, 5.41) is 13.8. The molecule has 1 aromatic heterocycles. The van der Waals surface area contributed by atoms with Crippen LogP contribution in [0.1, 0.15) is 23.1 Å². The highest BCUT2D eigenvalue weighted by Gasteiger charge is 2.20. The molecule has 0 aliphatic heterocycles. The minimum absolute atomic E-state index is 0.0953. The van der Waals surface area contributed by atoms with Gasteiger partial charge in [0.25, 0.3) is 0 Å². The molecule has 4 aromatic rings. The van der Waals surface area contributed by atoms with Crippen molar-refractivity contribution in [2.75, 3.05) is 32.4 Å². The largest absolute Gasteiger partial charge is 0.493 e. The highest BCUT2D eigenvalue weighted by Crippen LogP contribution is 2.43. The molecule has 3 aromatic carbocycles. The fraction of sp³-hybridized carbons (Fsp3) is 0.219. The second-order valence-electron chi connectivity index (χ2n) is 9.09. The predicted octanol–water partition coefficient (Wildman–Crippen LogP) is 7.05. The monoisotopic (exact) mass is 553 g/mol. The van der Waals surface area contributed by atoms with Gasteiger partial charge in [-0.2, -0.15) is 5.26 Å². The van der Waals surface area contributed by atoms with Crippen molar-refractivity contribution in [3.63, 3.8) is 0 Å². The van der Waals surface area contributed by atoms with Crippen molar-refractivity contribution in [1.29, 1.82) is 5.26 Å². The number of aryl methyl sites for hydroxylation is 2. The number of amides is 1. The Morgan fingerprint density at radius 1 is 0.925 bits per heavy atom. The van der Waals surface area contributed by atoms with Crippen LogP contribution in [0.4, 0.5) is 5.69 Å². The maximum absolute atomic E-state index is 12.7. The summed E-state index contributed by atoms with van der Waals surface area (Å²) in [5.41, 5.74) is 6.39. The number of methoxy groups -OCH3 is 3. The summed E-state index contributed by atoms with van der Waals surface area (Å²) in [6.07, 6.45) is 0.264. The summed E-state index contributed by atoms with van der Waals surface area (Å²) < 4.78 is 16.6. The quantitative estimate of drug-likeness (QED) is 0.210. The molecular formula is C32H31N3O4S. The number of nitrogens with zero attached hydrogens (tertiary/aromatic N) is 2. The molecule has 0 unspecified atom stereocenters. The Hall–Kier alpha value is -4.48. The van der Waals surface area contributed by atoms with Gasteiger partial charge >= 0.3 is 0 Å². The van der Waals surface area contributed by atoms with Gasteiger partial charge in [-0.25, -0.2) is 4.98 Å². The van der Waals surface area contributed by atoms with Crippen molar-refractivity contribution in [3.05, 3.63) is 83.4 Å². The summed E-state index contributed by atoms with van der Waals surface area (Å²) in [7, 11) is 4.66. The molecule has 40 heavy (non-hydrogen) atoms. The highest BCUT2D eigenvalue weighted by atomic mass is 32.2. The van der Waals surface area contributed by atoms with Gasteiger partial charge in [0, 0.05) is 29.0 Å². The van der Waals surface area contributed by atoms with E-state index < -0.39 is 0 Å². The van der Waals surface area contributed by atoms with E-state index in [0.29, 0.717) is 44.8 Å². The molecule has 0 aliphatic carbocycles. The number of nitrogens with one attached hydrogen (secondary N) is 1. The Labute approximate surface area is 239 Å². The van der Waals surface area contributed by atoms with Crippen LogP contribution in [0.15, 0.2) is 71.8 Å². The van der Waals surface area contributed by atoms with Crippen molar-refractivity contribution in [1.82, 2.24) is 4.98 Å². The van der Waals surface area contributed by atoms with Gasteiger partial charge in [-0.15, -0.1) is 11.8 Å². The smallest absolute Gasteiger partial charge is 0.225 e. The van der Waals surface area contributed by atoms with Crippen LogP contribution in [0.2, 0.25) is 0 Å². The number of aromatic nitrogens is 1. The third-order valence-electron chi connectivity index (χ3n) is 6.37. The van der Waals surface area contributed by atoms with Crippen LogP contribution in [0.3, 0.4) is 0 Å². The van der Waals surface area contributed by atoms with E-state index >= 15 is 0 Å². The molecule has 0 aliphatic rings. The second-order valence-corrected chi connectivity index (χ2v) is 10.2. The van der Waals surface area contributed by atoms with E-state index in [2.05, 4.69) is 11.4 Å². The fourth-order valence-electron chi connectivity index (χ4n) is 4.36. The van der Waals surface area contributed by atoms with Gasteiger partial charge in [0.1, 0.15) is 11.1 Å². The lowest BCUT2D eigenvalue weighted by molar-refractivity contribution is -0.115. The lowest BCUT2D eigenvalue weighted by Crippen LogP contribution is -2.13. The molecule has 0 spiro atoms. The van der Waals surface area contributed by atoms with Crippen molar-refractivity contribution in [2.45, 2.75) is 25.3 Å². The van der Waals surface area contributed by atoms with Gasteiger partial charge < -0.3 is 19.5 Å². The molecular weight excluding hydrogens is 522 g/mol. The molecule has 1 heterocycles. The van der Waals surface area contributed by atoms with Crippen LogP contribution in [0, 0.1) is 25.2 Å². The van der Waals surface area contributed by atoms with E-state index in [1.165, 1.54) is 11.8 Å². The molecule has 0 radical (unpaired) electrons. The predicted molar refractivity (Wildman–Crippen MR) is 159 cm³/mol. The number of hydrogen-bond acceptors (Lipinski definition) is 7. The summed E-state index contributed by atoms with van der Waals surface area (Å²) in [4.78, 5) is 17.6. The number of ether oxygens (including phenoxy) is 3. The minimum Gasteiger partial charge on any atom is -0.493 e. The van der Waals surface area contributed by atoms with Crippen LogP contribution in [0.5, 0.6) is 17.2 Å². The SMILES string of the molecule is COc1cc(-c2cc(-c3ccccc3)nc(SCCC(=O)Nc3ccc(C)cc3C)c2C#N)cc(OC)c1OC. The summed E-state index contributed by atoms with van der Waals surface area (Å²) in [6.45, 7) is 3.99. The third kappa shape index (κ3) is 6.38. The van der Waals surface area contributed by atoms with Crippen LogP contribution >= 0.6 is 11.8 Å². The van der Waals surface area contributed by atoms with Gasteiger partial charge in [0.15, 0.2) is 11.5 Å². The number of nitriles is 1. The molecule has 8 heteroatoms. The van der Waals surface area contributed by atoms with Gasteiger partial charge in [-0.1, -0.05) is 48.0 Å². The number of benzene rings is 3. The molecule has 7 nitrogen and oxygen atoms in total. The first-order valence-corrected chi connectivity index (χ1v) is 13.7. The number of pyridine rings is 1. The molecule has 1 N–H and O–H groups in total. The zero-order valence-electron chi connectivity index (χ0n) is 23.2. The number of carbonyl (C=O) groups excluding carboxylic acids is 1. The lowest BCUT2D eigenvalue weighted by Gasteiger charge is -2.16. The molecule has 0 saturated heterocycles. The first kappa shape index (κ1) is 28.5. The van der Waals surface area contributed by atoms with Crippen molar-refractivity contribution >= 4 is 23.4 Å². The summed E-state index contributed by atoms with van der Waals surface area (Å²) in [5.74, 6) is 1.79. The Bertz CT molecular complexity index is 1540. The third-order valence-corrected chi connectivity index (χ3v) is 7.34. The van der Waals surface area contributed by atoms with E-state index in [1.807, 2.05) is 80.6 Å². The van der Waals surface area contributed by atoms with E-state index in [1.54, 1.807) is 21.3 Å². The highest BCUT2D eigenvalue weighted by molar-refractivity contribution is 7.99. The Kier molecular flexibility index (Phi) is 9.31. The Balaban J connectivity index is 1.69. The van der Waals surface area contributed by atoms with Crippen LogP contribution in [-0.4, -0.2) is 38.0 Å². The first-order chi connectivity index (χ1) is 19.4. The zero-order chi connectivity index (χ0) is 28.6. The topological polar surface area (TPSA) is 93.5 Å². The molecule has 0 fully saturated rings. The summed E-state index contributed by atoms with van der Waals surface area (Å²) >= 11 is 1.38. The van der Waals surface area contributed by atoms with E-state index in [9.17, 15) is 10.1 Å². The number of anilines is 1. The zero-order valence-corrected chi connectivity index (χ0v) is 24.0. The lowest BCUT2D eigenvalue weighted by atomic mass is 9.98. The van der Waals surface area contributed by atoms with Crippen LogP contribution < -0.4 is 19.5 Å². The van der Waals surface area contributed by atoms with Gasteiger partial charge in [-0.3, -0.25) is 4.79 Å². The van der Waals surface area contributed by atoms with Crippen LogP contribution in [-0.2, 0) is 4.79 Å². The second kappa shape index (κ2) is 13.0. The van der Waals surface area contributed by atoms with Crippen molar-refractivity contribution in [3.8, 4) is 45.7 Å². The van der Waals surface area contributed by atoms with Crippen molar-refractivity contribution in [2.24, 2.45) is 0 Å². The summed E-state index contributed by atoms with van der Waals surface area (Å²) in [6, 6.07) is 23.6.